The summed E-state index contributed by atoms with van der Waals surface area (Å²) in [7, 11) is 0. The highest BCUT2D eigenvalue weighted by Crippen LogP contribution is 2.30. The molecule has 1 aliphatic heterocycles. The van der Waals surface area contributed by atoms with Crippen molar-refractivity contribution in [3.8, 4) is 0 Å². The van der Waals surface area contributed by atoms with Gasteiger partial charge in [0.15, 0.2) is 0 Å². The van der Waals surface area contributed by atoms with Gasteiger partial charge in [0.1, 0.15) is 18.5 Å². The fourth-order valence-corrected chi connectivity index (χ4v) is 2.89. The van der Waals surface area contributed by atoms with Gasteiger partial charge in [-0.1, -0.05) is 49.4 Å². The van der Waals surface area contributed by atoms with Crippen molar-refractivity contribution in [1.82, 2.24) is 4.90 Å². The first-order valence-electron chi connectivity index (χ1n) is 7.85. The van der Waals surface area contributed by atoms with Crippen molar-refractivity contribution < 1.29 is 18.7 Å². The first-order chi connectivity index (χ1) is 11.6. The number of amides is 2. The summed E-state index contributed by atoms with van der Waals surface area (Å²) in [5, 5.41) is 0. The van der Waals surface area contributed by atoms with E-state index in [-0.39, 0.29) is 30.7 Å². The molecule has 4 nitrogen and oxygen atoms in total. The molecule has 1 fully saturated rings. The van der Waals surface area contributed by atoms with Crippen molar-refractivity contribution in [3.63, 3.8) is 0 Å². The van der Waals surface area contributed by atoms with E-state index in [1.54, 1.807) is 12.1 Å². The summed E-state index contributed by atoms with van der Waals surface area (Å²) in [5.41, 5.74) is 1.72. The van der Waals surface area contributed by atoms with Gasteiger partial charge in [0.2, 0.25) is 5.91 Å². The number of benzene rings is 2. The largest absolute Gasteiger partial charge is 0.446 e. The molecule has 1 saturated heterocycles. The average Bonchev–Trinajstić information content (AvgIpc) is 2.98. The maximum Gasteiger partial charge on any atom is 0.417 e. The molecule has 0 aromatic heterocycles. The number of halogens is 1. The molecule has 0 N–H and O–H groups in total. The molecule has 0 spiro atoms. The molecule has 1 heterocycles. The summed E-state index contributed by atoms with van der Waals surface area (Å²) in [5.74, 6) is -0.726. The van der Waals surface area contributed by atoms with Gasteiger partial charge in [-0.3, -0.25) is 4.79 Å². The van der Waals surface area contributed by atoms with Crippen LogP contribution in [0.4, 0.5) is 9.18 Å². The lowest BCUT2D eigenvalue weighted by atomic mass is 9.96. The van der Waals surface area contributed by atoms with E-state index in [1.165, 1.54) is 17.0 Å². The quantitative estimate of drug-likeness (QED) is 0.851. The Morgan fingerprint density at radius 2 is 1.88 bits per heavy atom. The standard InChI is InChI=1S/C19H18FNO3/c1-13(14-7-9-16(20)10-8-14)11-18(22)21-17(12-24-19(21)23)15-5-3-2-4-6-15/h2-10,13,17H,11-12H2,1H3/t13-,17-/m0/s1. The van der Waals surface area contributed by atoms with E-state index in [1.807, 2.05) is 37.3 Å². The van der Waals surface area contributed by atoms with E-state index in [0.717, 1.165) is 11.1 Å². The summed E-state index contributed by atoms with van der Waals surface area (Å²) < 4.78 is 18.1. The Morgan fingerprint density at radius 3 is 2.54 bits per heavy atom. The molecule has 0 aliphatic carbocycles. The Bertz CT molecular complexity index is 730. The van der Waals surface area contributed by atoms with Gasteiger partial charge in [-0.2, -0.15) is 0 Å². The number of hydrogen-bond donors (Lipinski definition) is 0. The molecule has 1 aliphatic rings. The van der Waals surface area contributed by atoms with Crippen molar-refractivity contribution >= 4 is 12.0 Å². The zero-order chi connectivity index (χ0) is 17.1. The Labute approximate surface area is 139 Å². The normalized spacial score (nSPS) is 18.3. The molecule has 2 aromatic carbocycles. The lowest BCUT2D eigenvalue weighted by Gasteiger charge is -2.21. The minimum absolute atomic E-state index is 0.122. The zero-order valence-corrected chi connectivity index (χ0v) is 13.3. The first kappa shape index (κ1) is 16.2. The predicted molar refractivity (Wildman–Crippen MR) is 86.8 cm³/mol. The second-order valence-corrected chi connectivity index (χ2v) is 5.92. The van der Waals surface area contributed by atoms with Crippen LogP contribution in [0.5, 0.6) is 0 Å². The molecule has 5 heteroatoms. The van der Waals surface area contributed by atoms with E-state index < -0.39 is 12.1 Å². The fourth-order valence-electron chi connectivity index (χ4n) is 2.89. The average molecular weight is 327 g/mol. The summed E-state index contributed by atoms with van der Waals surface area (Å²) in [4.78, 5) is 25.8. The molecule has 0 saturated carbocycles. The summed E-state index contributed by atoms with van der Waals surface area (Å²) in [6, 6.07) is 15.0. The Hall–Kier alpha value is -2.69. The van der Waals surface area contributed by atoms with Gasteiger partial charge in [0.05, 0.1) is 0 Å². The fraction of sp³-hybridized carbons (Fsp3) is 0.263. The predicted octanol–water partition coefficient (Wildman–Crippen LogP) is 4.04. The number of carbonyl (C=O) groups excluding carboxylic acids is 2. The smallest absolute Gasteiger partial charge is 0.417 e. The molecule has 3 rings (SSSR count). The van der Waals surface area contributed by atoms with Crippen molar-refractivity contribution in [2.45, 2.75) is 25.3 Å². The number of carbonyl (C=O) groups is 2. The molecule has 124 valence electrons. The van der Waals surface area contributed by atoms with E-state index in [0.29, 0.717) is 0 Å². The minimum Gasteiger partial charge on any atom is -0.446 e. The Balaban J connectivity index is 1.75. The van der Waals surface area contributed by atoms with Gasteiger partial charge in [-0.15, -0.1) is 0 Å². The molecule has 0 bridgehead atoms. The van der Waals surface area contributed by atoms with Crippen molar-refractivity contribution in [2.75, 3.05) is 6.61 Å². The van der Waals surface area contributed by atoms with Crippen LogP contribution < -0.4 is 0 Å². The van der Waals surface area contributed by atoms with Crippen molar-refractivity contribution in [3.05, 3.63) is 71.5 Å². The third kappa shape index (κ3) is 3.30. The van der Waals surface area contributed by atoms with Crippen molar-refractivity contribution in [1.29, 1.82) is 0 Å². The first-order valence-corrected chi connectivity index (χ1v) is 7.85. The Kier molecular flexibility index (Phi) is 4.60. The zero-order valence-electron chi connectivity index (χ0n) is 13.3. The van der Waals surface area contributed by atoms with E-state index in [2.05, 4.69) is 0 Å². The number of imide groups is 1. The summed E-state index contributed by atoms with van der Waals surface area (Å²) in [6.45, 7) is 2.05. The van der Waals surface area contributed by atoms with E-state index in [9.17, 15) is 14.0 Å². The molecule has 0 unspecified atom stereocenters. The highest BCUT2D eigenvalue weighted by atomic mass is 19.1. The van der Waals surface area contributed by atoms with Gasteiger partial charge in [-0.25, -0.2) is 14.1 Å². The molecular formula is C19H18FNO3. The molecular weight excluding hydrogens is 309 g/mol. The van der Waals surface area contributed by atoms with Gasteiger partial charge < -0.3 is 4.74 Å². The summed E-state index contributed by atoms with van der Waals surface area (Å²) in [6.07, 6.45) is -0.454. The van der Waals surface area contributed by atoms with E-state index in [4.69, 9.17) is 4.74 Å². The second kappa shape index (κ2) is 6.83. The van der Waals surface area contributed by atoms with Gasteiger partial charge >= 0.3 is 6.09 Å². The van der Waals surface area contributed by atoms with Crippen LogP contribution in [-0.4, -0.2) is 23.5 Å². The van der Waals surface area contributed by atoms with Crippen LogP contribution in [0.1, 0.15) is 36.4 Å². The van der Waals surface area contributed by atoms with Gasteiger partial charge in [0, 0.05) is 6.42 Å². The maximum atomic E-state index is 13.0. The lowest BCUT2D eigenvalue weighted by Crippen LogP contribution is -2.34. The van der Waals surface area contributed by atoms with Crippen LogP contribution in [0.15, 0.2) is 54.6 Å². The third-order valence-electron chi connectivity index (χ3n) is 4.25. The molecule has 2 atom stereocenters. The van der Waals surface area contributed by atoms with Crippen LogP contribution in [0.3, 0.4) is 0 Å². The van der Waals surface area contributed by atoms with Crippen LogP contribution in [0.2, 0.25) is 0 Å². The molecule has 2 amide bonds. The lowest BCUT2D eigenvalue weighted by molar-refractivity contribution is -0.129. The summed E-state index contributed by atoms with van der Waals surface area (Å²) >= 11 is 0. The number of ether oxygens (including phenoxy) is 1. The Morgan fingerprint density at radius 1 is 1.21 bits per heavy atom. The van der Waals surface area contributed by atoms with Gasteiger partial charge in [-0.05, 0) is 29.2 Å². The minimum atomic E-state index is -0.611. The highest BCUT2D eigenvalue weighted by Gasteiger charge is 2.39. The highest BCUT2D eigenvalue weighted by molar-refractivity contribution is 5.94. The van der Waals surface area contributed by atoms with Crippen LogP contribution >= 0.6 is 0 Å². The van der Waals surface area contributed by atoms with Crippen LogP contribution in [0, 0.1) is 5.82 Å². The monoisotopic (exact) mass is 327 g/mol. The van der Waals surface area contributed by atoms with E-state index >= 15 is 0 Å². The third-order valence-corrected chi connectivity index (χ3v) is 4.25. The molecule has 24 heavy (non-hydrogen) atoms. The maximum absolute atomic E-state index is 13.0. The van der Waals surface area contributed by atoms with Crippen molar-refractivity contribution in [2.24, 2.45) is 0 Å². The van der Waals surface area contributed by atoms with Crippen LogP contribution in [-0.2, 0) is 9.53 Å². The molecule has 2 aromatic rings. The number of nitrogens with zero attached hydrogens (tertiary/aromatic N) is 1. The SMILES string of the molecule is C[C@@H](CC(=O)N1C(=O)OC[C@H]1c1ccccc1)c1ccc(F)cc1. The topological polar surface area (TPSA) is 46.6 Å². The van der Waals surface area contributed by atoms with Gasteiger partial charge in [0.25, 0.3) is 0 Å². The molecule has 0 radical (unpaired) electrons. The van der Waals surface area contributed by atoms with Crippen LogP contribution in [0.25, 0.3) is 0 Å². The number of cyclic esters (lactones) is 1. The number of hydrogen-bond acceptors (Lipinski definition) is 3. The second-order valence-electron chi connectivity index (χ2n) is 5.92. The number of rotatable bonds is 4.